The molecule has 0 spiro atoms. The molecule has 1 aliphatic carbocycles. The summed E-state index contributed by atoms with van der Waals surface area (Å²) < 4.78 is 0. The second kappa shape index (κ2) is 9.03. The predicted molar refractivity (Wildman–Crippen MR) is 114 cm³/mol. The fraction of sp³-hybridized carbons (Fsp3) is 0.500. The van der Waals surface area contributed by atoms with Gasteiger partial charge in [-0.25, -0.2) is 4.98 Å². The standard InChI is InChI=1S/C20H23N5O2S2/c21-11-15-14-4-1-5-16(14)29-19(15)23-17(26)6-9-25-8-2-3-13(12-25)18(27)24-20-22-7-10-28-20/h7,10,13H,1-6,8-9,12H2,(H,23,26)(H,22,24,27). The molecule has 1 atom stereocenters. The second-order valence-corrected chi connectivity index (χ2v) is 9.44. The van der Waals surface area contributed by atoms with Gasteiger partial charge in [0.1, 0.15) is 11.1 Å². The van der Waals surface area contributed by atoms with E-state index >= 15 is 0 Å². The summed E-state index contributed by atoms with van der Waals surface area (Å²) in [5.41, 5.74) is 1.77. The summed E-state index contributed by atoms with van der Waals surface area (Å²) in [6, 6.07) is 2.26. The molecule has 2 aromatic rings. The first-order chi connectivity index (χ1) is 14.1. The number of nitrogens with one attached hydrogen (secondary N) is 2. The number of likely N-dealkylation sites (tertiary alicyclic amines) is 1. The number of nitrogens with zero attached hydrogens (tertiary/aromatic N) is 3. The van der Waals surface area contributed by atoms with E-state index in [-0.39, 0.29) is 17.7 Å². The fourth-order valence-corrected chi connectivity index (χ4v) is 5.81. The van der Waals surface area contributed by atoms with Crippen molar-refractivity contribution in [3.8, 4) is 6.07 Å². The fourth-order valence-electron chi connectivity index (χ4n) is 4.02. The molecule has 2 amide bonds. The van der Waals surface area contributed by atoms with Crippen molar-refractivity contribution in [1.82, 2.24) is 9.88 Å². The number of thiazole rings is 1. The number of hydrogen-bond acceptors (Lipinski definition) is 7. The molecule has 0 radical (unpaired) electrons. The first-order valence-corrected chi connectivity index (χ1v) is 11.6. The van der Waals surface area contributed by atoms with Crippen LogP contribution in [0.4, 0.5) is 10.1 Å². The highest BCUT2D eigenvalue weighted by molar-refractivity contribution is 7.16. The van der Waals surface area contributed by atoms with Crippen LogP contribution in [0.2, 0.25) is 0 Å². The van der Waals surface area contributed by atoms with E-state index < -0.39 is 0 Å². The first-order valence-electron chi connectivity index (χ1n) is 9.91. The Morgan fingerprint density at radius 2 is 2.21 bits per heavy atom. The van der Waals surface area contributed by atoms with E-state index in [1.54, 1.807) is 17.5 Å². The van der Waals surface area contributed by atoms with Crippen LogP contribution < -0.4 is 10.6 Å². The minimum atomic E-state index is -0.0822. The molecule has 3 heterocycles. The Morgan fingerprint density at radius 1 is 1.31 bits per heavy atom. The normalized spacial score (nSPS) is 18.8. The number of rotatable bonds is 6. The van der Waals surface area contributed by atoms with Crippen molar-refractivity contribution in [3.05, 3.63) is 27.6 Å². The molecule has 1 fully saturated rings. The van der Waals surface area contributed by atoms with Crippen molar-refractivity contribution in [2.75, 3.05) is 30.3 Å². The number of carbonyl (C=O) groups is 2. The SMILES string of the molecule is N#Cc1c(NC(=O)CCN2CCCC(C(=O)Nc3nccs3)C2)sc2c1CCC2. The van der Waals surface area contributed by atoms with Crippen LogP contribution in [0.25, 0.3) is 0 Å². The zero-order chi connectivity index (χ0) is 20.2. The lowest BCUT2D eigenvalue weighted by Crippen LogP contribution is -2.41. The highest BCUT2D eigenvalue weighted by atomic mass is 32.1. The number of nitriles is 1. The topological polar surface area (TPSA) is 98.1 Å². The summed E-state index contributed by atoms with van der Waals surface area (Å²) in [6.45, 7) is 2.16. The molecule has 1 saturated heterocycles. The maximum atomic E-state index is 12.5. The zero-order valence-electron chi connectivity index (χ0n) is 16.1. The quantitative estimate of drug-likeness (QED) is 0.735. The van der Waals surface area contributed by atoms with Gasteiger partial charge in [0.05, 0.1) is 11.5 Å². The van der Waals surface area contributed by atoms with Gasteiger partial charge in [-0.05, 0) is 44.2 Å². The van der Waals surface area contributed by atoms with Crippen LogP contribution in [0.3, 0.4) is 0 Å². The van der Waals surface area contributed by atoms with E-state index in [0.717, 1.165) is 44.2 Å². The second-order valence-electron chi connectivity index (χ2n) is 7.44. The molecular formula is C20H23N5O2S2. The number of anilines is 2. The Labute approximate surface area is 177 Å². The molecule has 1 unspecified atom stereocenters. The van der Waals surface area contributed by atoms with Gasteiger partial charge in [0.15, 0.2) is 5.13 Å². The van der Waals surface area contributed by atoms with Crippen LogP contribution >= 0.6 is 22.7 Å². The lowest BCUT2D eigenvalue weighted by atomic mass is 9.97. The molecule has 7 nitrogen and oxygen atoms in total. The van der Waals surface area contributed by atoms with Crippen LogP contribution in [-0.2, 0) is 22.4 Å². The van der Waals surface area contributed by atoms with Gasteiger partial charge in [0.2, 0.25) is 11.8 Å². The summed E-state index contributed by atoms with van der Waals surface area (Å²) in [5.74, 6) is -0.155. The van der Waals surface area contributed by atoms with Gasteiger partial charge in [-0.2, -0.15) is 5.26 Å². The number of amides is 2. The lowest BCUT2D eigenvalue weighted by molar-refractivity contribution is -0.121. The summed E-state index contributed by atoms with van der Waals surface area (Å²) >= 11 is 2.95. The third-order valence-corrected chi connectivity index (χ3v) is 7.38. The molecule has 29 heavy (non-hydrogen) atoms. The Balaban J connectivity index is 1.27. The van der Waals surface area contributed by atoms with Gasteiger partial charge >= 0.3 is 0 Å². The molecular weight excluding hydrogens is 406 g/mol. The average Bonchev–Trinajstić information content (AvgIpc) is 3.44. The summed E-state index contributed by atoms with van der Waals surface area (Å²) in [7, 11) is 0. The molecule has 0 saturated carbocycles. The Kier molecular flexibility index (Phi) is 6.23. The Bertz CT molecular complexity index is 932. The van der Waals surface area contributed by atoms with E-state index in [1.165, 1.54) is 16.2 Å². The van der Waals surface area contributed by atoms with Crippen LogP contribution in [0.5, 0.6) is 0 Å². The average molecular weight is 430 g/mol. The molecule has 2 aromatic heterocycles. The summed E-state index contributed by atoms with van der Waals surface area (Å²) in [5, 5.41) is 18.4. The minimum Gasteiger partial charge on any atom is -0.317 e. The number of aryl methyl sites for hydroxylation is 1. The Hall–Kier alpha value is -2.28. The molecule has 152 valence electrons. The molecule has 1 aliphatic heterocycles. The molecule has 2 aliphatic rings. The van der Waals surface area contributed by atoms with E-state index in [1.807, 2.05) is 5.38 Å². The number of fused-ring (bicyclic) bond motifs is 1. The number of carbonyl (C=O) groups excluding carboxylic acids is 2. The monoisotopic (exact) mass is 429 g/mol. The van der Waals surface area contributed by atoms with Crippen LogP contribution in [0, 0.1) is 17.2 Å². The van der Waals surface area contributed by atoms with Gasteiger partial charge in [-0.15, -0.1) is 22.7 Å². The number of piperidine rings is 1. The van der Waals surface area contributed by atoms with Crippen molar-refractivity contribution < 1.29 is 9.59 Å². The van der Waals surface area contributed by atoms with Gasteiger partial charge in [0.25, 0.3) is 0 Å². The first kappa shape index (κ1) is 20.0. The van der Waals surface area contributed by atoms with E-state index in [0.29, 0.717) is 35.2 Å². The third kappa shape index (κ3) is 4.66. The van der Waals surface area contributed by atoms with Crippen molar-refractivity contribution in [3.63, 3.8) is 0 Å². The molecule has 2 N–H and O–H groups in total. The summed E-state index contributed by atoms with van der Waals surface area (Å²) in [4.78, 5) is 32.4. The van der Waals surface area contributed by atoms with Crippen molar-refractivity contribution in [2.24, 2.45) is 5.92 Å². The summed E-state index contributed by atoms with van der Waals surface area (Å²) in [6.07, 6.45) is 6.85. The molecule has 0 bridgehead atoms. The van der Waals surface area contributed by atoms with Crippen molar-refractivity contribution in [2.45, 2.75) is 38.5 Å². The van der Waals surface area contributed by atoms with Crippen LogP contribution in [0.15, 0.2) is 11.6 Å². The van der Waals surface area contributed by atoms with E-state index in [2.05, 4.69) is 26.6 Å². The maximum absolute atomic E-state index is 12.5. The van der Waals surface area contributed by atoms with Gasteiger partial charge in [0, 0.05) is 36.0 Å². The smallest absolute Gasteiger partial charge is 0.230 e. The third-order valence-electron chi connectivity index (χ3n) is 5.48. The van der Waals surface area contributed by atoms with E-state index in [9.17, 15) is 14.9 Å². The maximum Gasteiger partial charge on any atom is 0.230 e. The molecule has 4 rings (SSSR count). The largest absolute Gasteiger partial charge is 0.317 e. The van der Waals surface area contributed by atoms with E-state index in [4.69, 9.17) is 0 Å². The predicted octanol–water partition coefficient (Wildman–Crippen LogP) is 3.24. The Morgan fingerprint density at radius 3 is 3.00 bits per heavy atom. The van der Waals surface area contributed by atoms with Gasteiger partial charge in [-0.1, -0.05) is 0 Å². The van der Waals surface area contributed by atoms with Crippen LogP contribution in [-0.4, -0.2) is 41.3 Å². The highest BCUT2D eigenvalue weighted by Crippen LogP contribution is 2.38. The highest BCUT2D eigenvalue weighted by Gasteiger charge is 2.27. The lowest BCUT2D eigenvalue weighted by Gasteiger charge is -2.31. The van der Waals surface area contributed by atoms with Crippen molar-refractivity contribution in [1.29, 1.82) is 5.26 Å². The number of thiophene rings is 1. The minimum absolute atomic E-state index is 0.000801. The number of aromatic nitrogens is 1. The van der Waals surface area contributed by atoms with Gasteiger partial charge < -0.3 is 15.5 Å². The molecule has 9 heteroatoms. The number of hydrogen-bond donors (Lipinski definition) is 2. The zero-order valence-corrected chi connectivity index (χ0v) is 17.7. The van der Waals surface area contributed by atoms with Crippen LogP contribution in [0.1, 0.15) is 41.7 Å². The van der Waals surface area contributed by atoms with Gasteiger partial charge in [-0.3, -0.25) is 9.59 Å². The molecule has 0 aromatic carbocycles. The van der Waals surface area contributed by atoms with Crippen molar-refractivity contribution >= 4 is 44.6 Å².